The third-order valence-electron chi connectivity index (χ3n) is 15.8. The van der Waals surface area contributed by atoms with E-state index in [1.54, 1.807) is 6.08 Å². The molecule has 0 aliphatic rings. The van der Waals surface area contributed by atoms with E-state index in [9.17, 15) is 19.8 Å². The van der Waals surface area contributed by atoms with Crippen molar-refractivity contribution < 1.29 is 24.5 Å². The molecule has 6 heteroatoms. The minimum atomic E-state index is -0.845. The largest absolute Gasteiger partial charge is 0.466 e. The van der Waals surface area contributed by atoms with E-state index in [2.05, 4.69) is 55.6 Å². The van der Waals surface area contributed by atoms with E-state index in [1.165, 1.54) is 289 Å². The van der Waals surface area contributed by atoms with E-state index in [0.29, 0.717) is 19.4 Å². The Morgan fingerprint density at radius 3 is 1.03 bits per heavy atom. The Labute approximate surface area is 480 Å². The highest BCUT2D eigenvalue weighted by Gasteiger charge is 2.18. The monoisotopic (exact) mass is 1080 g/mol. The molecular formula is C71H133NO5. The molecule has 0 aromatic rings. The van der Waals surface area contributed by atoms with Crippen LogP contribution in [0.15, 0.2) is 48.6 Å². The van der Waals surface area contributed by atoms with Crippen LogP contribution in [-0.2, 0) is 14.3 Å². The molecule has 6 nitrogen and oxygen atoms in total. The van der Waals surface area contributed by atoms with Gasteiger partial charge in [-0.2, -0.15) is 0 Å². The molecule has 0 saturated heterocycles. The number of rotatable bonds is 64. The summed E-state index contributed by atoms with van der Waals surface area (Å²) < 4.78 is 5.48. The van der Waals surface area contributed by atoms with Gasteiger partial charge >= 0.3 is 5.97 Å². The smallest absolute Gasteiger partial charge is 0.305 e. The van der Waals surface area contributed by atoms with Crippen molar-refractivity contribution >= 4 is 11.9 Å². The molecule has 0 aliphatic heterocycles. The van der Waals surface area contributed by atoms with Crippen LogP contribution in [0.4, 0.5) is 0 Å². The minimum absolute atomic E-state index is 0.00144. The van der Waals surface area contributed by atoms with Crippen LogP contribution in [0.25, 0.3) is 0 Å². The lowest BCUT2D eigenvalue weighted by Crippen LogP contribution is -2.45. The van der Waals surface area contributed by atoms with Crippen molar-refractivity contribution in [2.75, 3.05) is 13.2 Å². The van der Waals surface area contributed by atoms with E-state index in [4.69, 9.17) is 4.74 Å². The number of aliphatic hydroxyl groups is 2. The quantitative estimate of drug-likeness (QED) is 0.0320. The first kappa shape index (κ1) is 74.8. The fraction of sp³-hybridized carbons (Fsp3) is 0.859. The van der Waals surface area contributed by atoms with Crippen LogP contribution in [0.5, 0.6) is 0 Å². The number of amides is 1. The summed E-state index contributed by atoms with van der Waals surface area (Å²) in [6.45, 7) is 4.89. The van der Waals surface area contributed by atoms with Gasteiger partial charge in [-0.05, 0) is 89.9 Å². The summed E-state index contributed by atoms with van der Waals surface area (Å²) in [6, 6.07) is -0.629. The summed E-state index contributed by atoms with van der Waals surface area (Å²) in [4.78, 5) is 24.6. The SMILES string of the molecule is CCCCC/C=C\C/C=C\CCCCCCCC(=O)OCCCCCCCCCCCCCC/C=C\CCCCCCCCCCCCCCC(=O)NC(CO)C(O)/C=C/CCCCCCCCCCCCCCCCC. The molecule has 0 spiro atoms. The van der Waals surface area contributed by atoms with E-state index < -0.39 is 12.1 Å². The molecule has 0 rings (SSSR count). The number of nitrogens with one attached hydrogen (secondary N) is 1. The molecule has 3 N–H and O–H groups in total. The highest BCUT2D eigenvalue weighted by Crippen LogP contribution is 2.18. The summed E-state index contributed by atoms with van der Waals surface area (Å²) >= 11 is 0. The fourth-order valence-electron chi connectivity index (χ4n) is 10.5. The average Bonchev–Trinajstić information content (AvgIpc) is 3.43. The normalized spacial score (nSPS) is 12.8. The van der Waals surface area contributed by atoms with Gasteiger partial charge in [0.1, 0.15) is 0 Å². The first-order valence-electron chi connectivity index (χ1n) is 34.4. The first-order chi connectivity index (χ1) is 38.0. The van der Waals surface area contributed by atoms with Crippen LogP contribution in [0.1, 0.15) is 367 Å². The zero-order valence-electron chi connectivity index (χ0n) is 51.7. The van der Waals surface area contributed by atoms with Crippen molar-refractivity contribution in [2.24, 2.45) is 0 Å². The molecule has 0 radical (unpaired) electrons. The Balaban J connectivity index is 3.41. The second kappa shape index (κ2) is 66.3. The Kier molecular flexibility index (Phi) is 64.5. The topological polar surface area (TPSA) is 95.9 Å². The van der Waals surface area contributed by atoms with E-state index in [-0.39, 0.29) is 18.5 Å². The number of ether oxygens (including phenoxy) is 1. The zero-order valence-corrected chi connectivity index (χ0v) is 51.7. The average molecular weight is 1080 g/mol. The molecule has 0 fully saturated rings. The molecule has 0 bridgehead atoms. The maximum Gasteiger partial charge on any atom is 0.305 e. The summed E-state index contributed by atoms with van der Waals surface area (Å²) in [6.07, 6.45) is 86.1. The molecule has 1 amide bonds. The molecule has 0 heterocycles. The van der Waals surface area contributed by atoms with Crippen LogP contribution in [0.3, 0.4) is 0 Å². The molecule has 0 aromatic heterocycles. The second-order valence-electron chi connectivity index (χ2n) is 23.5. The fourth-order valence-corrected chi connectivity index (χ4v) is 10.5. The van der Waals surface area contributed by atoms with Crippen molar-refractivity contribution in [3.8, 4) is 0 Å². The van der Waals surface area contributed by atoms with Gasteiger partial charge in [0.25, 0.3) is 0 Å². The van der Waals surface area contributed by atoms with E-state index in [1.807, 2.05) is 6.08 Å². The highest BCUT2D eigenvalue weighted by atomic mass is 16.5. The lowest BCUT2D eigenvalue weighted by Gasteiger charge is -2.20. The van der Waals surface area contributed by atoms with Crippen molar-refractivity contribution in [1.82, 2.24) is 5.32 Å². The predicted octanol–water partition coefficient (Wildman–Crippen LogP) is 22.1. The summed E-state index contributed by atoms with van der Waals surface area (Å²) in [5.74, 6) is -0.0645. The van der Waals surface area contributed by atoms with Gasteiger partial charge in [-0.1, -0.05) is 313 Å². The predicted molar refractivity (Wildman–Crippen MR) is 338 cm³/mol. The van der Waals surface area contributed by atoms with Gasteiger partial charge < -0.3 is 20.3 Å². The van der Waals surface area contributed by atoms with Crippen molar-refractivity contribution in [2.45, 2.75) is 379 Å². The number of hydrogen-bond donors (Lipinski definition) is 3. The zero-order chi connectivity index (χ0) is 55.7. The highest BCUT2D eigenvalue weighted by molar-refractivity contribution is 5.76. The third kappa shape index (κ3) is 62.9. The Bertz CT molecular complexity index is 1290. The lowest BCUT2D eigenvalue weighted by atomic mass is 10.0. The molecule has 2 unspecified atom stereocenters. The molecule has 452 valence electrons. The van der Waals surface area contributed by atoms with Crippen LogP contribution >= 0.6 is 0 Å². The number of hydrogen-bond acceptors (Lipinski definition) is 5. The van der Waals surface area contributed by atoms with Crippen LogP contribution in [-0.4, -0.2) is 47.4 Å². The van der Waals surface area contributed by atoms with Gasteiger partial charge in [0, 0.05) is 12.8 Å². The van der Waals surface area contributed by atoms with Gasteiger partial charge in [-0.3, -0.25) is 9.59 Å². The first-order valence-corrected chi connectivity index (χ1v) is 34.4. The van der Waals surface area contributed by atoms with Crippen LogP contribution in [0.2, 0.25) is 0 Å². The second-order valence-corrected chi connectivity index (χ2v) is 23.5. The van der Waals surface area contributed by atoms with Crippen LogP contribution < -0.4 is 5.32 Å². The van der Waals surface area contributed by atoms with E-state index in [0.717, 1.165) is 51.4 Å². The summed E-state index contributed by atoms with van der Waals surface area (Å²) in [7, 11) is 0. The Morgan fingerprint density at radius 2 is 0.649 bits per heavy atom. The van der Waals surface area contributed by atoms with Gasteiger partial charge in [-0.25, -0.2) is 0 Å². The number of unbranched alkanes of at least 4 members (excludes halogenated alkanes) is 47. The molecule has 77 heavy (non-hydrogen) atoms. The Morgan fingerprint density at radius 1 is 0.364 bits per heavy atom. The maximum absolute atomic E-state index is 12.5. The summed E-state index contributed by atoms with van der Waals surface area (Å²) in [5.41, 5.74) is 0. The van der Waals surface area contributed by atoms with Crippen molar-refractivity contribution in [3.63, 3.8) is 0 Å². The maximum atomic E-state index is 12.5. The van der Waals surface area contributed by atoms with Gasteiger partial charge in [-0.15, -0.1) is 0 Å². The number of allylic oxidation sites excluding steroid dienone is 7. The van der Waals surface area contributed by atoms with Crippen molar-refractivity contribution in [3.05, 3.63) is 48.6 Å². The molecular weight excluding hydrogens is 947 g/mol. The van der Waals surface area contributed by atoms with Gasteiger partial charge in [0.05, 0.1) is 25.4 Å². The molecule has 2 atom stereocenters. The number of carbonyl (C=O) groups excluding carboxylic acids is 2. The molecule has 0 aromatic carbocycles. The molecule has 0 saturated carbocycles. The van der Waals surface area contributed by atoms with E-state index >= 15 is 0 Å². The number of esters is 1. The van der Waals surface area contributed by atoms with Gasteiger partial charge in [0.15, 0.2) is 0 Å². The van der Waals surface area contributed by atoms with Crippen molar-refractivity contribution in [1.29, 1.82) is 0 Å². The number of carbonyl (C=O) groups is 2. The lowest BCUT2D eigenvalue weighted by molar-refractivity contribution is -0.143. The minimum Gasteiger partial charge on any atom is -0.466 e. The van der Waals surface area contributed by atoms with Crippen LogP contribution in [0, 0.1) is 0 Å². The Hall–Kier alpha value is -2.18. The standard InChI is InChI=1S/C71H133NO5/c1-3-5-7-9-11-13-15-17-19-32-36-39-43-47-51-55-59-63-69(74)68(67-73)72-70(75)64-60-56-52-48-44-40-37-33-30-28-26-24-22-20-21-23-25-27-29-31-34-38-42-46-50-54-58-62-66-77-71(76)65-61-57-53-49-45-41-35-18-16-14-12-10-8-6-4-2/h12,14,18,20-21,35,59,63,68-69,73-74H,3-11,13,15-17,19,22-34,36-58,60-62,64-67H2,1-2H3,(H,72,75)/b14-12-,21-20-,35-18-,63-59+. The number of aliphatic hydroxyl groups excluding tert-OH is 2. The summed E-state index contributed by atoms with van der Waals surface area (Å²) in [5, 5.41) is 23.2. The molecule has 0 aliphatic carbocycles. The van der Waals surface area contributed by atoms with Gasteiger partial charge in [0.2, 0.25) is 5.91 Å². The third-order valence-corrected chi connectivity index (χ3v) is 15.8.